The average molecular weight is 358 g/mol. The van der Waals surface area contributed by atoms with Crippen LogP contribution in [0.5, 0.6) is 0 Å². The Morgan fingerprint density at radius 1 is 1.37 bits per heavy atom. The molecule has 102 valence electrons. The number of nitrogens with one attached hydrogen (secondary N) is 1. The third-order valence-electron chi connectivity index (χ3n) is 2.43. The lowest BCUT2D eigenvalue weighted by molar-refractivity contribution is 0.584. The van der Waals surface area contributed by atoms with Crippen molar-refractivity contribution in [1.82, 2.24) is 15.5 Å². The summed E-state index contributed by atoms with van der Waals surface area (Å²) in [4.78, 5) is 1.22. The van der Waals surface area contributed by atoms with Gasteiger partial charge in [0.25, 0.3) is 0 Å². The molecule has 1 heterocycles. The molecule has 19 heavy (non-hydrogen) atoms. The van der Waals surface area contributed by atoms with Crippen molar-refractivity contribution in [3.8, 4) is 0 Å². The Morgan fingerprint density at radius 3 is 2.79 bits per heavy atom. The summed E-state index contributed by atoms with van der Waals surface area (Å²) >= 11 is 6.83. The van der Waals surface area contributed by atoms with Gasteiger partial charge in [0, 0.05) is 22.0 Å². The molecule has 3 nitrogen and oxygen atoms in total. The van der Waals surface area contributed by atoms with Crippen molar-refractivity contribution >= 4 is 39.0 Å². The van der Waals surface area contributed by atoms with E-state index in [-0.39, 0.29) is 0 Å². The van der Waals surface area contributed by atoms with Gasteiger partial charge in [-0.1, -0.05) is 58.9 Å². The maximum absolute atomic E-state index is 4.17. The molecule has 0 bridgehead atoms. The highest BCUT2D eigenvalue weighted by Gasteiger charge is 2.09. The van der Waals surface area contributed by atoms with Crippen molar-refractivity contribution in [2.75, 3.05) is 0 Å². The van der Waals surface area contributed by atoms with Crippen molar-refractivity contribution in [3.05, 3.63) is 33.2 Å². The second-order valence-electron chi connectivity index (χ2n) is 4.48. The van der Waals surface area contributed by atoms with E-state index in [1.807, 2.05) is 6.92 Å². The van der Waals surface area contributed by atoms with Crippen molar-refractivity contribution in [3.63, 3.8) is 0 Å². The molecule has 0 saturated carbocycles. The molecule has 2 aromatic rings. The van der Waals surface area contributed by atoms with Crippen molar-refractivity contribution in [2.24, 2.45) is 0 Å². The number of nitrogens with zero attached hydrogens (tertiary/aromatic N) is 2. The minimum atomic E-state index is 0.477. The highest BCUT2D eigenvalue weighted by molar-refractivity contribution is 9.10. The van der Waals surface area contributed by atoms with Crippen LogP contribution in [0.1, 0.15) is 24.4 Å². The zero-order valence-electron chi connectivity index (χ0n) is 11.1. The standard InChI is InChI=1S/C13H16BrN3S2/c1-8(2)15-7-10-4-5-11(14)6-12(10)19-13-17-16-9(3)18-13/h4-6,8,15H,7H2,1-3H3. The zero-order chi connectivity index (χ0) is 13.8. The summed E-state index contributed by atoms with van der Waals surface area (Å²) in [6, 6.07) is 6.84. The lowest BCUT2D eigenvalue weighted by Crippen LogP contribution is -2.22. The maximum atomic E-state index is 4.17. The Bertz CT molecular complexity index is 555. The van der Waals surface area contributed by atoms with Crippen LogP contribution in [-0.2, 0) is 6.54 Å². The van der Waals surface area contributed by atoms with Crippen molar-refractivity contribution in [2.45, 2.75) is 42.6 Å². The van der Waals surface area contributed by atoms with Gasteiger partial charge in [-0.2, -0.15) is 0 Å². The fraction of sp³-hybridized carbons (Fsp3) is 0.385. The SMILES string of the molecule is Cc1nnc(Sc2cc(Br)ccc2CNC(C)C)s1. The quantitative estimate of drug-likeness (QED) is 0.867. The fourth-order valence-corrected chi connectivity index (χ4v) is 3.95. The van der Waals surface area contributed by atoms with Crippen LogP contribution in [0.15, 0.2) is 31.9 Å². The Hall–Kier alpha value is -0.430. The minimum Gasteiger partial charge on any atom is -0.310 e. The Kier molecular flexibility index (Phi) is 5.38. The molecule has 1 N–H and O–H groups in total. The molecule has 0 aliphatic heterocycles. The topological polar surface area (TPSA) is 37.8 Å². The van der Waals surface area contributed by atoms with E-state index in [2.05, 4.69) is 63.5 Å². The van der Waals surface area contributed by atoms with Crippen molar-refractivity contribution < 1.29 is 0 Å². The van der Waals surface area contributed by atoms with Gasteiger partial charge >= 0.3 is 0 Å². The predicted octanol–water partition coefficient (Wildman–Crippen LogP) is 4.26. The van der Waals surface area contributed by atoms with Crippen LogP contribution in [0.4, 0.5) is 0 Å². The van der Waals surface area contributed by atoms with Crippen molar-refractivity contribution in [1.29, 1.82) is 0 Å². The molecule has 0 spiro atoms. The molecule has 0 saturated heterocycles. The first-order valence-corrected chi connectivity index (χ1v) is 8.47. The van der Waals surface area contributed by atoms with Crippen LogP contribution in [0.25, 0.3) is 0 Å². The van der Waals surface area contributed by atoms with Gasteiger partial charge in [0.1, 0.15) is 5.01 Å². The van der Waals surface area contributed by atoms with Gasteiger partial charge in [-0.25, -0.2) is 0 Å². The van der Waals surface area contributed by atoms with E-state index in [4.69, 9.17) is 0 Å². The second kappa shape index (κ2) is 6.83. The second-order valence-corrected chi connectivity index (χ2v) is 7.86. The minimum absolute atomic E-state index is 0.477. The first kappa shape index (κ1) is 15.0. The van der Waals surface area contributed by atoms with Crippen LogP contribution in [0.2, 0.25) is 0 Å². The smallest absolute Gasteiger partial charge is 0.179 e. The molecule has 0 fully saturated rings. The van der Waals surface area contributed by atoms with E-state index < -0.39 is 0 Å². The molecule has 0 radical (unpaired) electrons. The van der Waals surface area contributed by atoms with E-state index in [0.717, 1.165) is 20.4 Å². The van der Waals surface area contributed by atoms with Crippen LogP contribution in [0, 0.1) is 6.92 Å². The van der Waals surface area contributed by atoms with Crippen LogP contribution in [-0.4, -0.2) is 16.2 Å². The zero-order valence-corrected chi connectivity index (χ0v) is 14.3. The van der Waals surface area contributed by atoms with E-state index in [0.29, 0.717) is 6.04 Å². The molecule has 2 rings (SSSR count). The number of aryl methyl sites for hydroxylation is 1. The molecule has 0 aliphatic rings. The normalized spacial score (nSPS) is 11.2. The summed E-state index contributed by atoms with van der Waals surface area (Å²) in [7, 11) is 0. The van der Waals surface area contributed by atoms with Gasteiger partial charge in [-0.05, 0) is 24.6 Å². The summed E-state index contributed by atoms with van der Waals surface area (Å²) in [6.45, 7) is 7.15. The highest BCUT2D eigenvalue weighted by Crippen LogP contribution is 2.34. The van der Waals surface area contributed by atoms with Gasteiger partial charge in [0.15, 0.2) is 4.34 Å². The number of benzene rings is 1. The summed E-state index contributed by atoms with van der Waals surface area (Å²) < 4.78 is 2.07. The Morgan fingerprint density at radius 2 is 2.16 bits per heavy atom. The number of hydrogen-bond donors (Lipinski definition) is 1. The Balaban J connectivity index is 2.19. The molecule has 1 aromatic heterocycles. The maximum Gasteiger partial charge on any atom is 0.179 e. The van der Waals surface area contributed by atoms with Gasteiger partial charge in [-0.15, -0.1) is 10.2 Å². The Labute approximate surface area is 130 Å². The largest absolute Gasteiger partial charge is 0.310 e. The summed E-state index contributed by atoms with van der Waals surface area (Å²) in [5, 5.41) is 12.7. The van der Waals surface area contributed by atoms with E-state index in [1.165, 1.54) is 10.5 Å². The molecule has 0 aliphatic carbocycles. The molecule has 0 atom stereocenters. The van der Waals surface area contributed by atoms with E-state index in [1.54, 1.807) is 23.1 Å². The van der Waals surface area contributed by atoms with Gasteiger partial charge in [0.05, 0.1) is 0 Å². The number of halogens is 1. The summed E-state index contributed by atoms with van der Waals surface area (Å²) in [6.07, 6.45) is 0. The predicted molar refractivity (Wildman–Crippen MR) is 84.9 cm³/mol. The van der Waals surface area contributed by atoms with E-state index >= 15 is 0 Å². The van der Waals surface area contributed by atoms with Gasteiger partial charge in [-0.3, -0.25) is 0 Å². The number of aromatic nitrogens is 2. The first-order valence-electron chi connectivity index (χ1n) is 6.04. The number of hydrogen-bond acceptors (Lipinski definition) is 5. The highest BCUT2D eigenvalue weighted by atomic mass is 79.9. The molecule has 0 amide bonds. The monoisotopic (exact) mass is 357 g/mol. The van der Waals surface area contributed by atoms with Crippen LogP contribution >= 0.6 is 39.0 Å². The molecular weight excluding hydrogens is 342 g/mol. The first-order chi connectivity index (χ1) is 9.04. The summed E-state index contributed by atoms with van der Waals surface area (Å²) in [5.41, 5.74) is 1.29. The molecular formula is C13H16BrN3S2. The summed E-state index contributed by atoms with van der Waals surface area (Å²) in [5.74, 6) is 0. The fourth-order valence-electron chi connectivity index (χ4n) is 1.50. The van der Waals surface area contributed by atoms with Gasteiger partial charge in [0.2, 0.25) is 0 Å². The lowest BCUT2D eigenvalue weighted by Gasteiger charge is -2.11. The average Bonchev–Trinajstić information content (AvgIpc) is 2.73. The lowest BCUT2D eigenvalue weighted by atomic mass is 10.2. The molecule has 0 unspecified atom stereocenters. The molecule has 1 aromatic carbocycles. The van der Waals surface area contributed by atoms with E-state index in [9.17, 15) is 0 Å². The third kappa shape index (κ3) is 4.56. The molecule has 6 heteroatoms. The number of rotatable bonds is 5. The van der Waals surface area contributed by atoms with Crippen LogP contribution in [0.3, 0.4) is 0 Å². The third-order valence-corrected chi connectivity index (χ3v) is 4.92. The van der Waals surface area contributed by atoms with Crippen LogP contribution < -0.4 is 5.32 Å². The van der Waals surface area contributed by atoms with Gasteiger partial charge < -0.3 is 5.32 Å².